The van der Waals surface area contributed by atoms with Crippen LogP contribution in [0.4, 0.5) is 5.13 Å². The smallest absolute Gasteiger partial charge is 0.259 e. The Labute approximate surface area is 164 Å². The van der Waals surface area contributed by atoms with E-state index < -0.39 is 0 Å². The summed E-state index contributed by atoms with van der Waals surface area (Å²) in [6, 6.07) is 12.3. The van der Waals surface area contributed by atoms with Gasteiger partial charge in [0.1, 0.15) is 10.8 Å². The summed E-state index contributed by atoms with van der Waals surface area (Å²) in [7, 11) is 1.62. The highest BCUT2D eigenvalue weighted by Gasteiger charge is 2.13. The van der Waals surface area contributed by atoms with E-state index in [0.717, 1.165) is 11.3 Å². The molecule has 1 amide bonds. The third-order valence-corrected chi connectivity index (χ3v) is 4.72. The lowest BCUT2D eigenvalue weighted by atomic mass is 10.2. The van der Waals surface area contributed by atoms with Crippen LogP contribution >= 0.6 is 34.5 Å². The summed E-state index contributed by atoms with van der Waals surface area (Å²) < 4.78 is 5.12. The zero-order valence-corrected chi connectivity index (χ0v) is 15.9. The SMILES string of the molecule is COc1ccc(/C=C/c2nnc(NC(=O)c3ccc(Cl)cc3Cl)s2)cc1. The zero-order valence-electron chi connectivity index (χ0n) is 13.6. The first-order chi connectivity index (χ1) is 12.5. The van der Waals surface area contributed by atoms with Gasteiger partial charge in [0.15, 0.2) is 0 Å². The Kier molecular flexibility index (Phi) is 5.88. The highest BCUT2D eigenvalue weighted by Crippen LogP contribution is 2.23. The van der Waals surface area contributed by atoms with Crippen molar-refractivity contribution in [3.05, 3.63) is 68.6 Å². The standard InChI is InChI=1S/C18H13Cl2N3O2S/c1-25-13-6-2-11(3-7-13)4-9-16-22-23-18(26-16)21-17(24)14-8-5-12(19)10-15(14)20/h2-10H,1H3,(H,21,23,24)/b9-4+. The van der Waals surface area contributed by atoms with Gasteiger partial charge in [0, 0.05) is 5.02 Å². The maximum Gasteiger partial charge on any atom is 0.259 e. The number of nitrogens with one attached hydrogen (secondary N) is 1. The number of halogens is 2. The number of amides is 1. The van der Waals surface area contributed by atoms with Crippen LogP contribution in [0.2, 0.25) is 10.0 Å². The molecule has 0 aliphatic rings. The second-order valence-corrected chi connectivity index (χ2v) is 6.98. The molecule has 0 atom stereocenters. The number of nitrogens with zero attached hydrogens (tertiary/aromatic N) is 2. The van der Waals surface area contributed by atoms with Gasteiger partial charge in [-0.3, -0.25) is 10.1 Å². The Hall–Kier alpha value is -2.41. The van der Waals surface area contributed by atoms with E-state index in [1.165, 1.54) is 17.4 Å². The molecule has 3 rings (SSSR count). The minimum Gasteiger partial charge on any atom is -0.497 e. The first-order valence-electron chi connectivity index (χ1n) is 7.47. The van der Waals surface area contributed by atoms with Crippen LogP contribution in [0.5, 0.6) is 5.75 Å². The molecule has 132 valence electrons. The van der Waals surface area contributed by atoms with E-state index in [9.17, 15) is 4.79 Å². The van der Waals surface area contributed by atoms with Gasteiger partial charge in [0.25, 0.3) is 5.91 Å². The van der Waals surface area contributed by atoms with E-state index in [0.29, 0.717) is 20.7 Å². The van der Waals surface area contributed by atoms with E-state index in [2.05, 4.69) is 15.5 Å². The number of carbonyl (C=O) groups excluding carboxylic acids is 1. The molecular formula is C18H13Cl2N3O2S. The van der Waals surface area contributed by atoms with Gasteiger partial charge in [-0.25, -0.2) is 0 Å². The molecule has 0 fully saturated rings. The molecule has 8 heteroatoms. The summed E-state index contributed by atoms with van der Waals surface area (Å²) in [5, 5.41) is 12.5. The Morgan fingerprint density at radius 2 is 1.88 bits per heavy atom. The van der Waals surface area contributed by atoms with E-state index in [1.807, 2.05) is 36.4 Å². The lowest BCUT2D eigenvalue weighted by molar-refractivity contribution is 0.102. The average Bonchev–Trinajstić information content (AvgIpc) is 3.07. The second-order valence-electron chi connectivity index (χ2n) is 5.13. The third kappa shape index (κ3) is 4.60. The van der Waals surface area contributed by atoms with Crippen LogP contribution in [0.25, 0.3) is 12.2 Å². The number of anilines is 1. The number of hydrogen-bond donors (Lipinski definition) is 1. The number of hydrogen-bond acceptors (Lipinski definition) is 5. The summed E-state index contributed by atoms with van der Waals surface area (Å²) in [5.41, 5.74) is 1.32. The van der Waals surface area contributed by atoms with Gasteiger partial charge >= 0.3 is 0 Å². The molecule has 2 aromatic carbocycles. The van der Waals surface area contributed by atoms with Gasteiger partial charge in [-0.2, -0.15) is 0 Å². The molecule has 3 aromatic rings. The minimum absolute atomic E-state index is 0.277. The minimum atomic E-state index is -0.367. The van der Waals surface area contributed by atoms with Crippen LogP contribution < -0.4 is 10.1 Å². The van der Waals surface area contributed by atoms with Gasteiger partial charge < -0.3 is 4.74 Å². The molecule has 5 nitrogen and oxygen atoms in total. The summed E-state index contributed by atoms with van der Waals surface area (Å²) in [6.45, 7) is 0. The zero-order chi connectivity index (χ0) is 18.5. The van der Waals surface area contributed by atoms with Crippen molar-refractivity contribution in [3.63, 3.8) is 0 Å². The van der Waals surface area contributed by atoms with Gasteiger partial charge in [-0.15, -0.1) is 10.2 Å². The molecule has 0 bridgehead atoms. The van der Waals surface area contributed by atoms with Crippen molar-refractivity contribution >= 4 is 57.7 Å². The fourth-order valence-corrected chi connectivity index (χ4v) is 3.21. The van der Waals surface area contributed by atoms with Gasteiger partial charge in [0.05, 0.1) is 17.7 Å². The molecular weight excluding hydrogens is 393 g/mol. The van der Waals surface area contributed by atoms with Crippen molar-refractivity contribution in [2.45, 2.75) is 0 Å². The van der Waals surface area contributed by atoms with Gasteiger partial charge in [0.2, 0.25) is 5.13 Å². The highest BCUT2D eigenvalue weighted by atomic mass is 35.5. The van der Waals surface area contributed by atoms with Crippen LogP contribution in [-0.4, -0.2) is 23.2 Å². The Balaban J connectivity index is 1.67. The maximum absolute atomic E-state index is 12.3. The predicted molar refractivity (Wildman–Crippen MR) is 106 cm³/mol. The Bertz CT molecular complexity index is 955. The molecule has 0 saturated carbocycles. The molecule has 0 saturated heterocycles. The topological polar surface area (TPSA) is 64.1 Å². The quantitative estimate of drug-likeness (QED) is 0.627. The lowest BCUT2D eigenvalue weighted by Gasteiger charge is -2.03. The molecule has 0 unspecified atom stereocenters. The fraction of sp³-hybridized carbons (Fsp3) is 0.0556. The molecule has 0 radical (unpaired) electrons. The summed E-state index contributed by atoms with van der Waals surface area (Å²) in [6.07, 6.45) is 3.73. The molecule has 0 aliphatic heterocycles. The van der Waals surface area contributed by atoms with Crippen molar-refractivity contribution in [2.75, 3.05) is 12.4 Å². The first-order valence-corrected chi connectivity index (χ1v) is 9.04. The van der Waals surface area contributed by atoms with Crippen molar-refractivity contribution in [1.82, 2.24) is 10.2 Å². The average molecular weight is 406 g/mol. The van der Waals surface area contributed by atoms with Crippen LogP contribution in [0.3, 0.4) is 0 Å². The second kappa shape index (κ2) is 8.31. The molecule has 0 spiro atoms. The van der Waals surface area contributed by atoms with Gasteiger partial charge in [-0.1, -0.05) is 52.7 Å². The highest BCUT2D eigenvalue weighted by molar-refractivity contribution is 7.16. The monoisotopic (exact) mass is 405 g/mol. The van der Waals surface area contributed by atoms with Crippen molar-refractivity contribution in [3.8, 4) is 5.75 Å². The largest absolute Gasteiger partial charge is 0.497 e. The summed E-state index contributed by atoms with van der Waals surface area (Å²) >= 11 is 13.1. The summed E-state index contributed by atoms with van der Waals surface area (Å²) in [5.74, 6) is 0.428. The third-order valence-electron chi connectivity index (χ3n) is 3.37. The van der Waals surface area contributed by atoms with Crippen LogP contribution in [0.1, 0.15) is 20.9 Å². The number of methoxy groups -OCH3 is 1. The number of aromatic nitrogens is 2. The van der Waals surface area contributed by atoms with E-state index in [-0.39, 0.29) is 10.9 Å². The number of rotatable bonds is 5. The molecule has 0 aliphatic carbocycles. The van der Waals surface area contributed by atoms with Crippen molar-refractivity contribution in [1.29, 1.82) is 0 Å². The summed E-state index contributed by atoms with van der Waals surface area (Å²) in [4.78, 5) is 12.3. The van der Waals surface area contributed by atoms with Crippen molar-refractivity contribution < 1.29 is 9.53 Å². The Morgan fingerprint density at radius 1 is 1.12 bits per heavy atom. The molecule has 1 heterocycles. The lowest BCUT2D eigenvalue weighted by Crippen LogP contribution is -2.12. The van der Waals surface area contributed by atoms with Gasteiger partial charge in [-0.05, 0) is 42.0 Å². The first kappa shape index (κ1) is 18.4. The normalized spacial score (nSPS) is 10.9. The van der Waals surface area contributed by atoms with E-state index >= 15 is 0 Å². The predicted octanol–water partition coefficient (Wildman–Crippen LogP) is 5.28. The van der Waals surface area contributed by atoms with E-state index in [1.54, 1.807) is 19.2 Å². The van der Waals surface area contributed by atoms with Crippen molar-refractivity contribution in [2.24, 2.45) is 0 Å². The van der Waals surface area contributed by atoms with Crippen LogP contribution in [0.15, 0.2) is 42.5 Å². The molecule has 26 heavy (non-hydrogen) atoms. The Morgan fingerprint density at radius 3 is 2.58 bits per heavy atom. The van der Waals surface area contributed by atoms with Crippen LogP contribution in [-0.2, 0) is 0 Å². The maximum atomic E-state index is 12.3. The molecule has 1 aromatic heterocycles. The number of benzene rings is 2. The molecule has 1 N–H and O–H groups in total. The van der Waals surface area contributed by atoms with Crippen LogP contribution in [0, 0.1) is 0 Å². The number of carbonyl (C=O) groups is 1. The number of ether oxygens (including phenoxy) is 1. The van der Waals surface area contributed by atoms with E-state index in [4.69, 9.17) is 27.9 Å². The fourth-order valence-electron chi connectivity index (χ4n) is 2.07.